The predicted octanol–water partition coefficient (Wildman–Crippen LogP) is 2.98. The second-order valence-corrected chi connectivity index (χ2v) is 7.27. The second-order valence-electron chi connectivity index (χ2n) is 7.27. The molecule has 0 radical (unpaired) electrons. The maximum Gasteiger partial charge on any atom is 0.287 e. The average molecular weight is 392 g/mol. The summed E-state index contributed by atoms with van der Waals surface area (Å²) in [4.78, 5) is 29.9. The van der Waals surface area contributed by atoms with E-state index in [1.54, 1.807) is 18.4 Å². The SMILES string of the molecule is Cc1cccc(CNC(=O)c2nc(C(=O)NCc3ccco3)c3n2CCCC3)c1. The van der Waals surface area contributed by atoms with Gasteiger partial charge in [-0.25, -0.2) is 4.98 Å². The molecule has 4 rings (SSSR count). The lowest BCUT2D eigenvalue weighted by atomic mass is 10.1. The van der Waals surface area contributed by atoms with Crippen LogP contribution in [0.25, 0.3) is 0 Å². The van der Waals surface area contributed by atoms with Crippen LogP contribution < -0.4 is 10.6 Å². The minimum absolute atomic E-state index is 0.264. The van der Waals surface area contributed by atoms with Crippen LogP contribution >= 0.6 is 0 Å². The largest absolute Gasteiger partial charge is 0.467 e. The number of carbonyl (C=O) groups excluding carboxylic acids is 2. The molecule has 0 bridgehead atoms. The summed E-state index contributed by atoms with van der Waals surface area (Å²) >= 11 is 0. The number of fused-ring (bicyclic) bond motifs is 1. The number of rotatable bonds is 6. The van der Waals surface area contributed by atoms with Crippen LogP contribution in [0.4, 0.5) is 0 Å². The lowest BCUT2D eigenvalue weighted by Crippen LogP contribution is -2.27. The van der Waals surface area contributed by atoms with Gasteiger partial charge in [0.2, 0.25) is 0 Å². The Morgan fingerprint density at radius 1 is 1.10 bits per heavy atom. The van der Waals surface area contributed by atoms with Crippen LogP contribution in [0.1, 0.15) is 56.5 Å². The molecule has 3 aromatic rings. The van der Waals surface area contributed by atoms with Crippen molar-refractivity contribution in [3.05, 3.63) is 76.8 Å². The molecular weight excluding hydrogens is 368 g/mol. The number of hydrogen-bond acceptors (Lipinski definition) is 4. The molecule has 0 saturated carbocycles. The Labute approximate surface area is 169 Å². The Hall–Kier alpha value is -3.35. The first-order chi connectivity index (χ1) is 14.1. The van der Waals surface area contributed by atoms with E-state index in [4.69, 9.17) is 4.42 Å². The number of nitrogens with zero attached hydrogens (tertiary/aromatic N) is 2. The number of amides is 2. The third-order valence-corrected chi connectivity index (χ3v) is 5.07. The molecule has 7 heteroatoms. The van der Waals surface area contributed by atoms with Crippen molar-refractivity contribution in [2.24, 2.45) is 0 Å². The van der Waals surface area contributed by atoms with Crippen LogP contribution in [0, 0.1) is 6.92 Å². The number of imidazole rings is 1. The van der Waals surface area contributed by atoms with E-state index in [9.17, 15) is 9.59 Å². The van der Waals surface area contributed by atoms with E-state index in [0.717, 1.165) is 36.1 Å². The Kier molecular flexibility index (Phi) is 5.46. The summed E-state index contributed by atoms with van der Waals surface area (Å²) in [6.45, 7) is 3.42. The van der Waals surface area contributed by atoms with E-state index < -0.39 is 0 Å². The van der Waals surface area contributed by atoms with E-state index in [-0.39, 0.29) is 18.4 Å². The van der Waals surface area contributed by atoms with Crippen molar-refractivity contribution in [3.8, 4) is 0 Å². The Balaban J connectivity index is 1.50. The fourth-order valence-corrected chi connectivity index (χ4v) is 3.65. The van der Waals surface area contributed by atoms with Crippen molar-refractivity contribution in [1.82, 2.24) is 20.2 Å². The molecular formula is C22H24N4O3. The highest BCUT2D eigenvalue weighted by atomic mass is 16.3. The third-order valence-electron chi connectivity index (χ3n) is 5.07. The van der Waals surface area contributed by atoms with Crippen LogP contribution in [-0.2, 0) is 26.1 Å². The van der Waals surface area contributed by atoms with Gasteiger partial charge in [0, 0.05) is 13.1 Å². The third kappa shape index (κ3) is 4.23. The minimum Gasteiger partial charge on any atom is -0.467 e. The number of nitrogens with one attached hydrogen (secondary N) is 2. The first-order valence-corrected chi connectivity index (χ1v) is 9.85. The summed E-state index contributed by atoms with van der Waals surface area (Å²) in [5.41, 5.74) is 3.33. The summed E-state index contributed by atoms with van der Waals surface area (Å²) in [5.74, 6) is 0.419. The van der Waals surface area contributed by atoms with Crippen LogP contribution in [0.3, 0.4) is 0 Å². The van der Waals surface area contributed by atoms with Crippen molar-refractivity contribution >= 4 is 11.8 Å². The summed E-state index contributed by atoms with van der Waals surface area (Å²) < 4.78 is 7.14. The molecule has 0 saturated heterocycles. The van der Waals surface area contributed by atoms with Gasteiger partial charge in [0.15, 0.2) is 5.82 Å². The van der Waals surface area contributed by atoms with E-state index in [2.05, 4.69) is 15.6 Å². The van der Waals surface area contributed by atoms with Gasteiger partial charge in [-0.15, -0.1) is 0 Å². The molecule has 2 amide bonds. The zero-order valence-corrected chi connectivity index (χ0v) is 16.4. The standard InChI is InChI=1S/C22H24N4O3/c1-15-6-4-7-16(12-15)13-23-22(28)20-25-19(18-9-2-3-10-26(18)20)21(27)24-14-17-8-5-11-29-17/h4-8,11-12H,2-3,9-10,13-14H2,1H3,(H,23,28)(H,24,27). The topological polar surface area (TPSA) is 89.2 Å². The molecule has 1 aliphatic heterocycles. The first-order valence-electron chi connectivity index (χ1n) is 9.85. The molecule has 0 unspecified atom stereocenters. The molecule has 1 aliphatic rings. The highest BCUT2D eigenvalue weighted by Crippen LogP contribution is 2.21. The Bertz CT molecular complexity index is 1020. The molecule has 7 nitrogen and oxygen atoms in total. The van der Waals surface area contributed by atoms with Crippen molar-refractivity contribution in [2.45, 2.75) is 45.8 Å². The number of hydrogen-bond donors (Lipinski definition) is 2. The molecule has 0 fully saturated rings. The Morgan fingerprint density at radius 2 is 1.97 bits per heavy atom. The van der Waals surface area contributed by atoms with Crippen molar-refractivity contribution in [3.63, 3.8) is 0 Å². The van der Waals surface area contributed by atoms with Crippen LogP contribution in [0.15, 0.2) is 47.1 Å². The Morgan fingerprint density at radius 3 is 2.76 bits per heavy atom. The minimum atomic E-state index is -0.287. The highest BCUT2D eigenvalue weighted by Gasteiger charge is 2.27. The second kappa shape index (κ2) is 8.34. The first kappa shape index (κ1) is 19.0. The van der Waals surface area contributed by atoms with Gasteiger partial charge in [-0.2, -0.15) is 0 Å². The molecule has 29 heavy (non-hydrogen) atoms. The van der Waals surface area contributed by atoms with Gasteiger partial charge in [-0.1, -0.05) is 29.8 Å². The number of furan rings is 1. The lowest BCUT2D eigenvalue weighted by molar-refractivity contribution is 0.0935. The average Bonchev–Trinajstić information content (AvgIpc) is 3.38. The van der Waals surface area contributed by atoms with E-state index in [1.165, 1.54) is 0 Å². The van der Waals surface area contributed by atoms with Gasteiger partial charge in [0.1, 0.15) is 11.5 Å². The van der Waals surface area contributed by atoms with Crippen LogP contribution in [0.2, 0.25) is 0 Å². The molecule has 0 atom stereocenters. The maximum absolute atomic E-state index is 12.8. The lowest BCUT2D eigenvalue weighted by Gasteiger charge is -2.17. The zero-order valence-electron chi connectivity index (χ0n) is 16.4. The maximum atomic E-state index is 12.8. The number of carbonyl (C=O) groups is 2. The number of aromatic nitrogens is 2. The van der Waals surface area contributed by atoms with Gasteiger partial charge in [0.05, 0.1) is 18.5 Å². The summed E-state index contributed by atoms with van der Waals surface area (Å²) in [7, 11) is 0. The molecule has 0 spiro atoms. The molecule has 150 valence electrons. The summed E-state index contributed by atoms with van der Waals surface area (Å²) in [5, 5.41) is 5.76. The molecule has 2 aromatic heterocycles. The van der Waals surface area contributed by atoms with Crippen molar-refractivity contribution in [1.29, 1.82) is 0 Å². The normalized spacial score (nSPS) is 13.0. The van der Waals surface area contributed by atoms with E-state index in [0.29, 0.717) is 30.4 Å². The van der Waals surface area contributed by atoms with Gasteiger partial charge >= 0.3 is 0 Å². The zero-order chi connectivity index (χ0) is 20.2. The van der Waals surface area contributed by atoms with Crippen molar-refractivity contribution in [2.75, 3.05) is 0 Å². The molecule has 0 aliphatic carbocycles. The fourth-order valence-electron chi connectivity index (χ4n) is 3.65. The van der Waals surface area contributed by atoms with Gasteiger partial charge < -0.3 is 19.6 Å². The quantitative estimate of drug-likeness (QED) is 0.675. The predicted molar refractivity (Wildman–Crippen MR) is 107 cm³/mol. The summed E-state index contributed by atoms with van der Waals surface area (Å²) in [6.07, 6.45) is 4.25. The number of benzene rings is 1. The van der Waals surface area contributed by atoms with E-state index in [1.807, 2.05) is 35.8 Å². The number of aryl methyl sites for hydroxylation is 1. The van der Waals surface area contributed by atoms with Gasteiger partial charge in [0.25, 0.3) is 11.8 Å². The summed E-state index contributed by atoms with van der Waals surface area (Å²) in [6, 6.07) is 11.6. The smallest absolute Gasteiger partial charge is 0.287 e. The van der Waals surface area contributed by atoms with Gasteiger partial charge in [-0.05, 0) is 43.9 Å². The monoisotopic (exact) mass is 392 g/mol. The van der Waals surface area contributed by atoms with Crippen molar-refractivity contribution < 1.29 is 14.0 Å². The molecule has 1 aromatic carbocycles. The fraction of sp³-hybridized carbons (Fsp3) is 0.318. The highest BCUT2D eigenvalue weighted by molar-refractivity contribution is 5.97. The van der Waals surface area contributed by atoms with E-state index >= 15 is 0 Å². The molecule has 2 N–H and O–H groups in total. The van der Waals surface area contributed by atoms with Crippen LogP contribution in [0.5, 0.6) is 0 Å². The molecule has 3 heterocycles. The van der Waals surface area contributed by atoms with Crippen LogP contribution in [-0.4, -0.2) is 21.4 Å². The van der Waals surface area contributed by atoms with Gasteiger partial charge in [-0.3, -0.25) is 9.59 Å².